The molecule has 2 aliphatic rings. The molecule has 0 spiro atoms. The molecule has 0 N–H and O–H groups in total. The third-order valence-corrected chi connectivity index (χ3v) is 5.76. The van der Waals surface area contributed by atoms with Gasteiger partial charge in [0.15, 0.2) is 5.69 Å². The fourth-order valence-corrected chi connectivity index (χ4v) is 4.12. The Morgan fingerprint density at radius 1 is 1.00 bits per heavy atom. The molecule has 1 aromatic heterocycles. The van der Waals surface area contributed by atoms with Crippen molar-refractivity contribution in [2.24, 2.45) is 0 Å². The van der Waals surface area contributed by atoms with Crippen molar-refractivity contribution < 1.29 is 9.59 Å². The van der Waals surface area contributed by atoms with E-state index < -0.39 is 0 Å². The van der Waals surface area contributed by atoms with Crippen molar-refractivity contribution in [3.8, 4) is 0 Å². The van der Waals surface area contributed by atoms with Gasteiger partial charge in [-0.1, -0.05) is 29.8 Å². The molecule has 2 amide bonds. The first-order valence-corrected chi connectivity index (χ1v) is 10.3. The largest absolute Gasteiger partial charge is 0.339 e. The van der Waals surface area contributed by atoms with Gasteiger partial charge in [-0.2, -0.15) is 5.10 Å². The van der Waals surface area contributed by atoms with Gasteiger partial charge in [-0.25, -0.2) is 0 Å². The summed E-state index contributed by atoms with van der Waals surface area (Å²) >= 11 is 0. The minimum absolute atomic E-state index is 0.00578. The molecule has 1 aromatic carbocycles. The first kappa shape index (κ1) is 18.7. The van der Waals surface area contributed by atoms with Crippen LogP contribution in [0.15, 0.2) is 30.3 Å². The predicted molar refractivity (Wildman–Crippen MR) is 107 cm³/mol. The van der Waals surface area contributed by atoms with E-state index in [0.717, 1.165) is 25.8 Å². The molecule has 0 bridgehead atoms. The highest BCUT2D eigenvalue weighted by molar-refractivity contribution is 5.92. The number of amides is 2. The van der Waals surface area contributed by atoms with Gasteiger partial charge in [-0.05, 0) is 44.2 Å². The van der Waals surface area contributed by atoms with Crippen LogP contribution in [0.5, 0.6) is 0 Å². The molecule has 6 heteroatoms. The summed E-state index contributed by atoms with van der Waals surface area (Å²) in [6, 6.07) is 10.3. The molecule has 4 rings (SSSR count). The number of carbonyl (C=O) groups excluding carboxylic acids is 2. The number of hydrogen-bond acceptors (Lipinski definition) is 3. The lowest BCUT2D eigenvalue weighted by atomic mass is 10.1. The van der Waals surface area contributed by atoms with Crippen LogP contribution in [0.4, 0.5) is 0 Å². The van der Waals surface area contributed by atoms with Crippen molar-refractivity contribution in [1.29, 1.82) is 0 Å². The Labute approximate surface area is 166 Å². The summed E-state index contributed by atoms with van der Waals surface area (Å²) < 4.78 is 1.97. The standard InChI is InChI=1S/C22H28N4O2/c1-17-5-4-6-18(15-17)8-9-21(27)24-11-13-25(14-12-24)22(28)20-16-19-7-2-3-10-26(19)23-20/h4-6,15-16H,2-3,7-14H2,1H3. The van der Waals surface area contributed by atoms with Gasteiger partial charge in [0.2, 0.25) is 5.91 Å². The van der Waals surface area contributed by atoms with Crippen LogP contribution in [0.3, 0.4) is 0 Å². The highest BCUT2D eigenvalue weighted by atomic mass is 16.2. The maximum atomic E-state index is 12.8. The van der Waals surface area contributed by atoms with E-state index in [0.29, 0.717) is 38.3 Å². The van der Waals surface area contributed by atoms with Gasteiger partial charge in [0.25, 0.3) is 5.91 Å². The second-order valence-electron chi connectivity index (χ2n) is 7.86. The van der Waals surface area contributed by atoms with Crippen LogP contribution in [0.2, 0.25) is 0 Å². The van der Waals surface area contributed by atoms with Gasteiger partial charge >= 0.3 is 0 Å². The first-order chi connectivity index (χ1) is 13.6. The van der Waals surface area contributed by atoms with Crippen molar-refractivity contribution in [3.63, 3.8) is 0 Å². The van der Waals surface area contributed by atoms with E-state index in [1.165, 1.54) is 23.2 Å². The Hall–Kier alpha value is -2.63. The average molecular weight is 380 g/mol. The number of hydrogen-bond donors (Lipinski definition) is 0. The molecule has 3 heterocycles. The third-order valence-electron chi connectivity index (χ3n) is 5.76. The molecule has 1 saturated heterocycles. The van der Waals surface area contributed by atoms with Crippen molar-refractivity contribution in [3.05, 3.63) is 52.8 Å². The molecule has 0 saturated carbocycles. The SMILES string of the molecule is Cc1cccc(CCC(=O)N2CCN(C(=O)c3cc4n(n3)CCCC4)CC2)c1. The summed E-state index contributed by atoms with van der Waals surface area (Å²) in [4.78, 5) is 29.0. The highest BCUT2D eigenvalue weighted by Gasteiger charge is 2.27. The van der Waals surface area contributed by atoms with Crippen molar-refractivity contribution in [2.45, 2.75) is 45.6 Å². The zero-order valence-corrected chi connectivity index (χ0v) is 16.6. The van der Waals surface area contributed by atoms with E-state index >= 15 is 0 Å². The molecule has 2 aliphatic heterocycles. The number of piperazine rings is 1. The Kier molecular flexibility index (Phi) is 5.46. The monoisotopic (exact) mass is 380 g/mol. The van der Waals surface area contributed by atoms with Gasteiger partial charge in [0.05, 0.1) is 0 Å². The van der Waals surface area contributed by atoms with Crippen LogP contribution in [0, 0.1) is 6.92 Å². The maximum absolute atomic E-state index is 12.8. The van der Waals surface area contributed by atoms with Crippen LogP contribution >= 0.6 is 0 Å². The Bertz CT molecular complexity index is 842. The van der Waals surface area contributed by atoms with Gasteiger partial charge in [0, 0.05) is 44.8 Å². The number of aryl methyl sites for hydroxylation is 4. The highest BCUT2D eigenvalue weighted by Crippen LogP contribution is 2.17. The molecule has 2 aromatic rings. The van der Waals surface area contributed by atoms with Crippen LogP contribution in [-0.2, 0) is 24.2 Å². The van der Waals surface area contributed by atoms with E-state index in [9.17, 15) is 9.59 Å². The van der Waals surface area contributed by atoms with Crippen LogP contribution in [0.25, 0.3) is 0 Å². The molecule has 1 fully saturated rings. The minimum atomic E-state index is -0.00578. The normalized spacial score (nSPS) is 16.8. The zero-order valence-electron chi connectivity index (χ0n) is 16.6. The fraction of sp³-hybridized carbons (Fsp3) is 0.500. The van der Waals surface area contributed by atoms with E-state index in [1.54, 1.807) is 0 Å². The molecule has 0 atom stereocenters. The summed E-state index contributed by atoms with van der Waals surface area (Å²) in [5, 5.41) is 4.50. The molecular formula is C22H28N4O2. The number of benzene rings is 1. The van der Waals surface area contributed by atoms with Crippen molar-refractivity contribution in [2.75, 3.05) is 26.2 Å². The average Bonchev–Trinajstić information content (AvgIpc) is 3.16. The molecule has 6 nitrogen and oxygen atoms in total. The lowest BCUT2D eigenvalue weighted by molar-refractivity contribution is -0.132. The summed E-state index contributed by atoms with van der Waals surface area (Å²) in [5.41, 5.74) is 4.14. The molecule has 0 aliphatic carbocycles. The number of carbonyl (C=O) groups is 2. The summed E-state index contributed by atoms with van der Waals surface area (Å²) in [5.74, 6) is 0.167. The molecule has 28 heavy (non-hydrogen) atoms. The zero-order chi connectivity index (χ0) is 19.5. The summed E-state index contributed by atoms with van der Waals surface area (Å²) in [6.07, 6.45) is 4.59. The van der Waals surface area contributed by atoms with Gasteiger partial charge < -0.3 is 9.80 Å². The number of aromatic nitrogens is 2. The molecule has 148 valence electrons. The van der Waals surface area contributed by atoms with Crippen molar-refractivity contribution >= 4 is 11.8 Å². The van der Waals surface area contributed by atoms with E-state index in [1.807, 2.05) is 26.6 Å². The van der Waals surface area contributed by atoms with Gasteiger partial charge in [-0.3, -0.25) is 14.3 Å². The second kappa shape index (κ2) is 8.17. The molecule has 0 unspecified atom stereocenters. The van der Waals surface area contributed by atoms with Crippen LogP contribution < -0.4 is 0 Å². The van der Waals surface area contributed by atoms with Crippen molar-refractivity contribution in [1.82, 2.24) is 19.6 Å². The lowest BCUT2D eigenvalue weighted by Gasteiger charge is -2.34. The minimum Gasteiger partial charge on any atom is -0.339 e. The summed E-state index contributed by atoms with van der Waals surface area (Å²) in [7, 11) is 0. The number of fused-ring (bicyclic) bond motifs is 1. The van der Waals surface area contributed by atoms with E-state index in [-0.39, 0.29) is 11.8 Å². The van der Waals surface area contributed by atoms with Gasteiger partial charge in [-0.15, -0.1) is 0 Å². The Morgan fingerprint density at radius 3 is 2.54 bits per heavy atom. The van der Waals surface area contributed by atoms with Crippen LogP contribution in [0.1, 0.15) is 46.6 Å². The predicted octanol–water partition coefficient (Wildman–Crippen LogP) is 2.45. The van der Waals surface area contributed by atoms with Gasteiger partial charge in [0.1, 0.15) is 0 Å². The maximum Gasteiger partial charge on any atom is 0.274 e. The number of nitrogens with zero attached hydrogens (tertiary/aromatic N) is 4. The lowest BCUT2D eigenvalue weighted by Crippen LogP contribution is -2.50. The number of rotatable bonds is 4. The fourth-order valence-electron chi connectivity index (χ4n) is 4.12. The Balaban J connectivity index is 1.28. The first-order valence-electron chi connectivity index (χ1n) is 10.3. The third kappa shape index (κ3) is 4.11. The second-order valence-corrected chi connectivity index (χ2v) is 7.86. The van der Waals surface area contributed by atoms with Crippen LogP contribution in [-0.4, -0.2) is 57.6 Å². The van der Waals surface area contributed by atoms with E-state index in [2.05, 4.69) is 30.2 Å². The molecule has 0 radical (unpaired) electrons. The smallest absolute Gasteiger partial charge is 0.274 e. The Morgan fingerprint density at radius 2 is 1.79 bits per heavy atom. The summed E-state index contributed by atoms with van der Waals surface area (Å²) in [6.45, 7) is 5.34. The molecular weight excluding hydrogens is 352 g/mol. The topological polar surface area (TPSA) is 58.4 Å². The quantitative estimate of drug-likeness (QED) is 0.819. The van der Waals surface area contributed by atoms with E-state index in [4.69, 9.17) is 0 Å².